The summed E-state index contributed by atoms with van der Waals surface area (Å²) in [5, 5.41) is 0. The molecule has 1 fully saturated rings. The minimum Gasteiger partial charge on any atom is -0.292 e. The molecule has 30 heavy (non-hydrogen) atoms. The Kier molecular flexibility index (Phi) is 10.2. The van der Waals surface area contributed by atoms with E-state index < -0.39 is 0 Å². The van der Waals surface area contributed by atoms with Gasteiger partial charge in [0.05, 0.1) is 37.0 Å². The average molecular weight is 427 g/mol. The Bertz CT molecular complexity index is 433. The molecule has 1 aliphatic rings. The van der Waals surface area contributed by atoms with Crippen LogP contribution in [-0.4, -0.2) is 109 Å². The van der Waals surface area contributed by atoms with Gasteiger partial charge in [-0.2, -0.15) is 0 Å². The minimum atomic E-state index is 0.0323. The fourth-order valence-corrected chi connectivity index (χ4v) is 5.08. The highest BCUT2D eigenvalue weighted by atomic mass is 15.6. The molecular formula is C24H54N6. The number of hydrogen-bond donors (Lipinski definition) is 0. The summed E-state index contributed by atoms with van der Waals surface area (Å²) in [5.74, 6) is 0. The molecule has 0 spiro atoms. The zero-order valence-electron chi connectivity index (χ0n) is 22.5. The van der Waals surface area contributed by atoms with Crippen LogP contribution in [0.25, 0.3) is 0 Å². The Labute approximate surface area is 189 Å². The van der Waals surface area contributed by atoms with Crippen molar-refractivity contribution in [2.24, 2.45) is 0 Å². The third-order valence-electron chi connectivity index (χ3n) is 8.13. The van der Waals surface area contributed by atoms with Crippen LogP contribution in [0.1, 0.15) is 80.1 Å². The van der Waals surface area contributed by atoms with Gasteiger partial charge in [0, 0.05) is 0 Å². The van der Waals surface area contributed by atoms with E-state index in [1.165, 1.54) is 38.5 Å². The summed E-state index contributed by atoms with van der Waals surface area (Å²) in [7, 11) is 13.5. The molecule has 180 valence electrons. The summed E-state index contributed by atoms with van der Waals surface area (Å²) >= 11 is 0. The third-order valence-corrected chi connectivity index (χ3v) is 8.13. The number of hydrogen-bond acceptors (Lipinski definition) is 6. The Morgan fingerprint density at radius 1 is 0.500 bits per heavy atom. The summed E-state index contributed by atoms with van der Waals surface area (Å²) in [5.41, 5.74) is 0.0969. The molecule has 0 aromatic carbocycles. The van der Waals surface area contributed by atoms with Gasteiger partial charge in [0.25, 0.3) is 0 Å². The van der Waals surface area contributed by atoms with Gasteiger partial charge in [-0.1, -0.05) is 40.0 Å². The van der Waals surface area contributed by atoms with Gasteiger partial charge < -0.3 is 0 Å². The average Bonchev–Trinajstić information content (AvgIpc) is 2.67. The van der Waals surface area contributed by atoms with Crippen molar-refractivity contribution in [2.45, 2.75) is 97.1 Å². The first-order valence-electron chi connectivity index (χ1n) is 12.1. The van der Waals surface area contributed by atoms with E-state index in [1.54, 1.807) is 0 Å². The maximum Gasteiger partial charge on any atom is 0.0725 e. The van der Waals surface area contributed by atoms with Crippen LogP contribution in [0.3, 0.4) is 0 Å². The van der Waals surface area contributed by atoms with Crippen molar-refractivity contribution in [3.05, 3.63) is 0 Å². The smallest absolute Gasteiger partial charge is 0.0725 e. The maximum absolute atomic E-state index is 2.72. The molecule has 1 aliphatic heterocycles. The van der Waals surface area contributed by atoms with E-state index in [1.807, 2.05) is 0 Å². The molecular weight excluding hydrogens is 372 g/mol. The molecule has 1 saturated heterocycles. The van der Waals surface area contributed by atoms with Crippen molar-refractivity contribution < 1.29 is 0 Å². The van der Waals surface area contributed by atoms with Crippen LogP contribution >= 0.6 is 0 Å². The zero-order valence-corrected chi connectivity index (χ0v) is 22.5. The second-order valence-corrected chi connectivity index (χ2v) is 10.6. The molecule has 0 aromatic rings. The quantitative estimate of drug-likeness (QED) is 0.466. The molecule has 1 heterocycles. The van der Waals surface area contributed by atoms with Crippen LogP contribution < -0.4 is 0 Å². The highest BCUT2D eigenvalue weighted by Gasteiger charge is 2.47. The molecule has 1 rings (SSSR count). The largest absolute Gasteiger partial charge is 0.292 e. The number of nitrogens with zero attached hydrogens (tertiary/aromatic N) is 6. The molecule has 2 unspecified atom stereocenters. The van der Waals surface area contributed by atoms with E-state index in [4.69, 9.17) is 0 Å². The van der Waals surface area contributed by atoms with E-state index in [2.05, 4.69) is 113 Å². The summed E-state index contributed by atoms with van der Waals surface area (Å²) in [6.45, 7) is 17.2. The highest BCUT2D eigenvalue weighted by molar-refractivity contribution is 4.95. The molecule has 0 radical (unpaired) electrons. The van der Waals surface area contributed by atoms with Crippen molar-refractivity contribution in [3.8, 4) is 0 Å². The molecule has 0 aliphatic carbocycles. The first kappa shape index (κ1) is 27.8. The fourth-order valence-electron chi connectivity index (χ4n) is 5.08. The van der Waals surface area contributed by atoms with Crippen LogP contribution in [0.2, 0.25) is 0 Å². The van der Waals surface area contributed by atoms with E-state index in [0.29, 0.717) is 0 Å². The van der Waals surface area contributed by atoms with Crippen LogP contribution in [-0.2, 0) is 0 Å². The van der Waals surface area contributed by atoms with Gasteiger partial charge in [-0.05, 0) is 82.3 Å². The first-order valence-corrected chi connectivity index (χ1v) is 12.1. The Morgan fingerprint density at radius 2 is 0.700 bits per heavy atom. The molecule has 6 nitrogen and oxygen atoms in total. The third kappa shape index (κ3) is 5.57. The van der Waals surface area contributed by atoms with Crippen LogP contribution in [0, 0.1) is 0 Å². The van der Waals surface area contributed by atoms with Crippen molar-refractivity contribution in [2.75, 3.05) is 62.3 Å². The second kappa shape index (κ2) is 11.1. The van der Waals surface area contributed by atoms with Gasteiger partial charge in [0.1, 0.15) is 0 Å². The van der Waals surface area contributed by atoms with Gasteiger partial charge in [-0.25, -0.2) is 0 Å². The zero-order chi connectivity index (χ0) is 23.3. The lowest BCUT2D eigenvalue weighted by Crippen LogP contribution is -2.74. The van der Waals surface area contributed by atoms with Crippen LogP contribution in [0.4, 0.5) is 0 Å². The second-order valence-electron chi connectivity index (χ2n) is 10.6. The molecule has 0 bridgehead atoms. The monoisotopic (exact) mass is 426 g/mol. The molecule has 0 saturated carbocycles. The van der Waals surface area contributed by atoms with Gasteiger partial charge >= 0.3 is 0 Å². The Hall–Kier alpha value is -0.240. The van der Waals surface area contributed by atoms with Gasteiger partial charge in [-0.3, -0.25) is 29.4 Å². The van der Waals surface area contributed by atoms with Crippen molar-refractivity contribution in [1.29, 1.82) is 0 Å². The molecule has 0 N–H and O–H groups in total. The molecule has 0 aromatic heterocycles. The SMILES string of the molecule is CCCC(C)(N(C)C)N1CN(C(C)(CCC)N(C)C)CN([C@@](C)(CCC)N(C)C)C1. The van der Waals surface area contributed by atoms with Gasteiger partial charge in [-0.15, -0.1) is 0 Å². The maximum atomic E-state index is 2.72. The Morgan fingerprint density at radius 3 is 0.833 bits per heavy atom. The summed E-state index contributed by atoms with van der Waals surface area (Å²) in [6.07, 6.45) is 7.06. The lowest BCUT2D eigenvalue weighted by atomic mass is 9.98. The molecule has 0 amide bonds. The van der Waals surface area contributed by atoms with E-state index >= 15 is 0 Å². The van der Waals surface area contributed by atoms with E-state index in [-0.39, 0.29) is 17.0 Å². The van der Waals surface area contributed by atoms with E-state index in [9.17, 15) is 0 Å². The topological polar surface area (TPSA) is 19.4 Å². The van der Waals surface area contributed by atoms with Gasteiger partial charge in [0.15, 0.2) is 0 Å². The lowest BCUT2D eigenvalue weighted by molar-refractivity contribution is -0.213. The van der Waals surface area contributed by atoms with E-state index in [0.717, 1.165) is 20.0 Å². The van der Waals surface area contributed by atoms with Crippen molar-refractivity contribution in [3.63, 3.8) is 0 Å². The normalized spacial score (nSPS) is 23.7. The highest BCUT2D eigenvalue weighted by Crippen LogP contribution is 2.35. The van der Waals surface area contributed by atoms with Gasteiger partial charge in [0.2, 0.25) is 0 Å². The van der Waals surface area contributed by atoms with Crippen molar-refractivity contribution in [1.82, 2.24) is 29.4 Å². The predicted molar refractivity (Wildman–Crippen MR) is 131 cm³/mol. The van der Waals surface area contributed by atoms with Crippen LogP contribution in [0.5, 0.6) is 0 Å². The summed E-state index contributed by atoms with van der Waals surface area (Å²) < 4.78 is 0. The summed E-state index contributed by atoms with van der Waals surface area (Å²) in [6, 6.07) is 0. The summed E-state index contributed by atoms with van der Waals surface area (Å²) in [4.78, 5) is 15.4. The molecule has 3 atom stereocenters. The molecule has 6 heteroatoms. The Balaban J connectivity index is 3.48. The van der Waals surface area contributed by atoms with Crippen LogP contribution in [0.15, 0.2) is 0 Å². The minimum absolute atomic E-state index is 0.0323. The first-order chi connectivity index (χ1) is 13.8. The van der Waals surface area contributed by atoms with Crippen molar-refractivity contribution >= 4 is 0 Å². The fraction of sp³-hybridized carbons (Fsp3) is 1.00. The predicted octanol–water partition coefficient (Wildman–Crippen LogP) is 4.01. The lowest BCUT2D eigenvalue weighted by Gasteiger charge is -2.61. The number of rotatable bonds is 12. The standard InChI is InChI=1S/C24H54N6/c1-13-16-22(4,25(7)8)28-19-29(23(5,17-14-2)26(9)10)21-30(20-28)24(6,18-15-3)27(11)12/h13-21H2,1-12H3/t22-,23?,24?/m0/s1.